The van der Waals surface area contributed by atoms with Gasteiger partial charge in [0.15, 0.2) is 11.6 Å². The summed E-state index contributed by atoms with van der Waals surface area (Å²) in [6, 6.07) is 9.22. The molecule has 146 valence electrons. The highest BCUT2D eigenvalue weighted by atomic mass is 32.2. The molecule has 0 aliphatic rings. The predicted octanol–water partition coefficient (Wildman–Crippen LogP) is 3.16. The van der Waals surface area contributed by atoms with Crippen molar-refractivity contribution in [2.45, 2.75) is 20.0 Å². The summed E-state index contributed by atoms with van der Waals surface area (Å²) in [6.07, 6.45) is 0.823. The highest BCUT2D eigenvalue weighted by Gasteiger charge is 2.22. The van der Waals surface area contributed by atoms with E-state index in [1.54, 1.807) is 24.3 Å². The van der Waals surface area contributed by atoms with E-state index in [1.165, 1.54) is 0 Å². The molecule has 0 saturated carbocycles. The van der Waals surface area contributed by atoms with Crippen molar-refractivity contribution < 1.29 is 26.7 Å². The monoisotopic (exact) mass is 398 g/mol. The SMILES string of the molecule is CC(C)Oc1cccc(NC(=O)CN(c2ccc(F)c(F)c2)S(C)(=O)=O)c1. The van der Waals surface area contributed by atoms with Gasteiger partial charge in [-0.1, -0.05) is 6.07 Å². The molecular weight excluding hydrogens is 378 g/mol. The number of ether oxygens (including phenoxy) is 1. The predicted molar refractivity (Wildman–Crippen MR) is 99.4 cm³/mol. The smallest absolute Gasteiger partial charge is 0.245 e. The number of anilines is 2. The summed E-state index contributed by atoms with van der Waals surface area (Å²) >= 11 is 0. The highest BCUT2D eigenvalue weighted by molar-refractivity contribution is 7.92. The first-order chi connectivity index (χ1) is 12.6. The molecule has 0 heterocycles. The summed E-state index contributed by atoms with van der Waals surface area (Å²) in [7, 11) is -3.90. The second-order valence-electron chi connectivity index (χ2n) is 6.11. The fourth-order valence-corrected chi connectivity index (χ4v) is 3.14. The van der Waals surface area contributed by atoms with Gasteiger partial charge in [-0.2, -0.15) is 0 Å². The zero-order valence-corrected chi connectivity index (χ0v) is 15.9. The molecule has 0 bridgehead atoms. The lowest BCUT2D eigenvalue weighted by Crippen LogP contribution is -2.37. The summed E-state index contributed by atoms with van der Waals surface area (Å²) in [5.74, 6) is -2.42. The fraction of sp³-hybridized carbons (Fsp3) is 0.278. The Kier molecular flexibility index (Phi) is 6.37. The van der Waals surface area contributed by atoms with Crippen LogP contribution in [0.2, 0.25) is 0 Å². The van der Waals surface area contributed by atoms with Crippen molar-refractivity contribution in [1.29, 1.82) is 0 Å². The van der Waals surface area contributed by atoms with E-state index in [9.17, 15) is 22.0 Å². The standard InChI is InChI=1S/C18H20F2N2O4S/c1-12(2)26-15-6-4-5-13(9-15)21-18(23)11-22(27(3,24)25)14-7-8-16(19)17(20)10-14/h4-10,12H,11H2,1-3H3,(H,21,23). The van der Waals surface area contributed by atoms with Gasteiger partial charge >= 0.3 is 0 Å². The second kappa shape index (κ2) is 8.34. The lowest BCUT2D eigenvalue weighted by Gasteiger charge is -2.22. The number of halogens is 2. The number of benzene rings is 2. The summed E-state index contributed by atoms with van der Waals surface area (Å²) in [5.41, 5.74) is 0.264. The number of carbonyl (C=O) groups excluding carboxylic acids is 1. The molecule has 0 atom stereocenters. The third-order valence-electron chi connectivity index (χ3n) is 3.37. The van der Waals surface area contributed by atoms with Crippen LogP contribution in [0.15, 0.2) is 42.5 Å². The van der Waals surface area contributed by atoms with Crippen LogP contribution in [0, 0.1) is 11.6 Å². The Bertz CT molecular complexity index is 933. The molecule has 6 nitrogen and oxygen atoms in total. The Morgan fingerprint density at radius 1 is 1.15 bits per heavy atom. The maximum absolute atomic E-state index is 13.4. The maximum atomic E-state index is 13.4. The first kappa shape index (κ1) is 20.6. The van der Waals surface area contributed by atoms with E-state index in [-0.39, 0.29) is 11.8 Å². The number of nitrogens with one attached hydrogen (secondary N) is 1. The minimum Gasteiger partial charge on any atom is -0.491 e. The van der Waals surface area contributed by atoms with Crippen molar-refractivity contribution in [3.05, 3.63) is 54.1 Å². The number of carbonyl (C=O) groups is 1. The Morgan fingerprint density at radius 3 is 2.44 bits per heavy atom. The molecule has 1 amide bonds. The maximum Gasteiger partial charge on any atom is 0.245 e. The highest BCUT2D eigenvalue weighted by Crippen LogP contribution is 2.22. The Morgan fingerprint density at radius 2 is 1.85 bits per heavy atom. The van der Waals surface area contributed by atoms with Gasteiger partial charge in [0.05, 0.1) is 18.0 Å². The first-order valence-corrected chi connectivity index (χ1v) is 9.90. The van der Waals surface area contributed by atoms with Gasteiger partial charge in [-0.3, -0.25) is 9.10 Å². The number of sulfonamides is 1. The van der Waals surface area contributed by atoms with Crippen molar-refractivity contribution in [2.75, 3.05) is 22.4 Å². The Balaban J connectivity index is 2.18. The first-order valence-electron chi connectivity index (χ1n) is 8.05. The van der Waals surface area contributed by atoms with E-state index < -0.39 is 34.1 Å². The van der Waals surface area contributed by atoms with Crippen LogP contribution in [0.3, 0.4) is 0 Å². The van der Waals surface area contributed by atoms with Gasteiger partial charge in [0, 0.05) is 17.8 Å². The molecule has 0 fully saturated rings. The van der Waals surface area contributed by atoms with Gasteiger partial charge < -0.3 is 10.1 Å². The number of hydrogen-bond acceptors (Lipinski definition) is 4. The third-order valence-corrected chi connectivity index (χ3v) is 4.51. The molecule has 0 unspecified atom stereocenters. The van der Waals surface area contributed by atoms with E-state index in [4.69, 9.17) is 4.74 Å². The van der Waals surface area contributed by atoms with Gasteiger partial charge in [-0.05, 0) is 38.1 Å². The molecule has 0 radical (unpaired) electrons. The van der Waals surface area contributed by atoms with Crippen LogP contribution in [-0.4, -0.2) is 33.2 Å². The molecule has 0 aliphatic heterocycles. The normalized spacial score (nSPS) is 11.3. The van der Waals surface area contributed by atoms with Crippen molar-refractivity contribution in [2.24, 2.45) is 0 Å². The van der Waals surface area contributed by atoms with Gasteiger partial charge in [0.25, 0.3) is 0 Å². The molecule has 0 aliphatic carbocycles. The molecular formula is C18H20F2N2O4S. The summed E-state index contributed by atoms with van der Waals surface area (Å²) in [6.45, 7) is 3.12. The Hall–Kier alpha value is -2.68. The van der Waals surface area contributed by atoms with E-state index in [0.29, 0.717) is 15.7 Å². The van der Waals surface area contributed by atoms with Gasteiger partial charge in [0.2, 0.25) is 15.9 Å². The summed E-state index contributed by atoms with van der Waals surface area (Å²) in [5, 5.41) is 2.56. The molecule has 27 heavy (non-hydrogen) atoms. The molecule has 1 N–H and O–H groups in total. The minimum absolute atomic E-state index is 0.0509. The minimum atomic E-state index is -3.90. The van der Waals surface area contributed by atoms with Crippen molar-refractivity contribution >= 4 is 27.3 Å². The number of nitrogens with zero attached hydrogens (tertiary/aromatic N) is 1. The average Bonchev–Trinajstić information content (AvgIpc) is 2.54. The number of amides is 1. The van der Waals surface area contributed by atoms with Crippen LogP contribution in [-0.2, 0) is 14.8 Å². The molecule has 0 saturated heterocycles. The quantitative estimate of drug-likeness (QED) is 0.777. The van der Waals surface area contributed by atoms with E-state index in [0.717, 1.165) is 24.5 Å². The van der Waals surface area contributed by atoms with Crippen LogP contribution < -0.4 is 14.4 Å². The third kappa shape index (κ3) is 5.92. The summed E-state index contributed by atoms with van der Waals surface area (Å²) < 4.78 is 56.8. The molecule has 2 aromatic carbocycles. The van der Waals surface area contributed by atoms with E-state index in [2.05, 4.69) is 5.32 Å². The van der Waals surface area contributed by atoms with E-state index >= 15 is 0 Å². The van der Waals surface area contributed by atoms with Crippen LogP contribution in [0.1, 0.15) is 13.8 Å². The zero-order valence-electron chi connectivity index (χ0n) is 15.1. The molecule has 0 aromatic heterocycles. The fourth-order valence-electron chi connectivity index (χ4n) is 2.29. The van der Waals surface area contributed by atoms with Crippen LogP contribution in [0.4, 0.5) is 20.2 Å². The molecule has 0 spiro atoms. The van der Waals surface area contributed by atoms with Crippen molar-refractivity contribution in [3.8, 4) is 5.75 Å². The van der Waals surface area contributed by atoms with Crippen LogP contribution >= 0.6 is 0 Å². The topological polar surface area (TPSA) is 75.7 Å². The molecule has 2 rings (SSSR count). The number of hydrogen-bond donors (Lipinski definition) is 1. The van der Waals surface area contributed by atoms with Gasteiger partial charge in [-0.15, -0.1) is 0 Å². The lowest BCUT2D eigenvalue weighted by molar-refractivity contribution is -0.114. The van der Waals surface area contributed by atoms with Gasteiger partial charge in [-0.25, -0.2) is 17.2 Å². The second-order valence-corrected chi connectivity index (χ2v) is 8.02. The van der Waals surface area contributed by atoms with Crippen molar-refractivity contribution in [3.63, 3.8) is 0 Å². The Labute approximate surface area is 156 Å². The largest absolute Gasteiger partial charge is 0.491 e. The van der Waals surface area contributed by atoms with E-state index in [1.807, 2.05) is 13.8 Å². The number of rotatable bonds is 7. The molecule has 9 heteroatoms. The summed E-state index contributed by atoms with van der Waals surface area (Å²) in [4.78, 5) is 12.3. The average molecular weight is 398 g/mol. The molecule has 2 aromatic rings. The van der Waals surface area contributed by atoms with Crippen molar-refractivity contribution in [1.82, 2.24) is 0 Å². The zero-order chi connectivity index (χ0) is 20.2. The lowest BCUT2D eigenvalue weighted by atomic mass is 10.3. The van der Waals surface area contributed by atoms with Gasteiger partial charge in [0.1, 0.15) is 12.3 Å². The van der Waals surface area contributed by atoms with Crippen LogP contribution in [0.25, 0.3) is 0 Å². The van der Waals surface area contributed by atoms with Crippen LogP contribution in [0.5, 0.6) is 5.75 Å².